The highest BCUT2D eigenvalue weighted by molar-refractivity contribution is 9.08. The number of rotatable bonds is 18. The minimum absolute atomic E-state index is 0.0776. The topological polar surface area (TPSA) is 386 Å². The van der Waals surface area contributed by atoms with Crippen LogP contribution in [0, 0.1) is 13.8 Å². The van der Waals surface area contributed by atoms with Crippen LogP contribution in [0.1, 0.15) is 126 Å². The van der Waals surface area contributed by atoms with Crippen LogP contribution in [-0.4, -0.2) is 164 Å². The Morgan fingerprint density at radius 1 is 0.470 bits per heavy atom. The lowest BCUT2D eigenvalue weighted by Gasteiger charge is -2.19. The number of alkyl halides is 1. The zero-order chi connectivity index (χ0) is 83.2. The summed E-state index contributed by atoms with van der Waals surface area (Å²) in [6, 6.07) is 52.1. The summed E-state index contributed by atoms with van der Waals surface area (Å²) in [5.74, 6) is -2.30. The normalized spacial score (nSPS) is 12.7. The molecule has 8 heterocycles. The molecular formula is C80H82BBrN10O17S6. The summed E-state index contributed by atoms with van der Waals surface area (Å²) >= 11 is 11.1. The number of aryl methyl sites for hydroxylation is 2. The molecule has 35 heteroatoms. The second-order valence-electron chi connectivity index (χ2n) is 23.7. The zero-order valence-corrected chi connectivity index (χ0v) is 69.8. The molecule has 0 saturated heterocycles. The number of amides is 3. The molecule has 3 amide bonds. The first-order valence-electron chi connectivity index (χ1n) is 35.1. The molecule has 6 aromatic heterocycles. The molecule has 27 nitrogen and oxygen atoms in total. The molecule has 0 saturated carbocycles. The number of ether oxygens (including phenoxy) is 5. The molecular weight excluding hydrogens is 1660 g/mol. The number of nitrogens with one attached hydrogen (secondary N) is 1. The van der Waals surface area contributed by atoms with Crippen LogP contribution in [0.4, 0.5) is 11.4 Å². The standard InChI is InChI=1S/C21H19N3O3S.C13H13NO2S.C11H9NO2S.C10H12N2O2.C7H8BrNO2S.C7H9NO2S.C6H7BO2.C5H5NO2S/c1-24-17-9-5-6-10-18(17)27-13-16(21(24)26)23-19(25)20-22-12-15(28-20)11-14-7-3-2-4-8-14;1-2-16-13(15)12-14-9-11(17-12)8-10-6-4-3-5-7-10;13-11(14)10-12-7-9(15-10)6-8-4-2-1-3-5-8;1-12-8-4-2-3-5-9(8)14-6-7(11)10(12)13;1-2-11-7(10)6-9-4-5(3-8)12-6;1-3-10-7(9)6-8-4-5(2)11-6;8-7(9)6-4-2-1-3-5-6;1-3-2-6-4(9-3)5(7)8/h2-10,12,16H,11,13H2,1H3,(H,23,25);3-7,9H,2,8H2,1H3;1-5,7H,6H2,(H,13,14);2-5,7H,6,11H2,1H3;4H,2-3H2,1H3;4H,3H2,1-2H3;1-5,8-9H;2H,1H3,(H,7,8)/t16-;;;7-;;;;/m0..0..../s1. The van der Waals surface area contributed by atoms with Crippen LogP contribution >= 0.6 is 84.0 Å². The van der Waals surface area contributed by atoms with Crippen molar-refractivity contribution in [2.45, 2.75) is 71.3 Å². The third-order valence-electron chi connectivity index (χ3n) is 15.1. The number of halogens is 1. The molecule has 6 aromatic carbocycles. The van der Waals surface area contributed by atoms with Gasteiger partial charge in [0.15, 0.2) is 5.01 Å². The highest BCUT2D eigenvalue weighted by atomic mass is 79.9. The van der Waals surface area contributed by atoms with Gasteiger partial charge in [-0.3, -0.25) is 14.4 Å². The molecule has 115 heavy (non-hydrogen) atoms. The van der Waals surface area contributed by atoms with E-state index in [1.807, 2.05) is 141 Å². The molecule has 0 unspecified atom stereocenters. The monoisotopic (exact) mass is 1740 g/mol. The van der Waals surface area contributed by atoms with Gasteiger partial charge in [0.05, 0.1) is 31.2 Å². The van der Waals surface area contributed by atoms with Crippen molar-refractivity contribution in [1.82, 2.24) is 35.2 Å². The van der Waals surface area contributed by atoms with Crippen LogP contribution in [-0.2, 0) is 48.4 Å². The average Bonchev–Trinajstić information content (AvgIpc) is 1.69. The van der Waals surface area contributed by atoms with Crippen LogP contribution in [0.5, 0.6) is 11.5 Å². The number of thiazole rings is 6. The van der Waals surface area contributed by atoms with E-state index >= 15 is 0 Å². The smallest absolute Gasteiger partial charge is 0.488 e. The van der Waals surface area contributed by atoms with Crippen molar-refractivity contribution in [1.29, 1.82) is 0 Å². The van der Waals surface area contributed by atoms with Crippen LogP contribution in [0.3, 0.4) is 0 Å². The fourth-order valence-corrected chi connectivity index (χ4v) is 14.6. The Balaban J connectivity index is 0.000000188. The van der Waals surface area contributed by atoms with Gasteiger partial charge in [0, 0.05) is 105 Å². The Hall–Kier alpha value is -11.1. The Morgan fingerprint density at radius 2 is 0.800 bits per heavy atom. The van der Waals surface area contributed by atoms with Gasteiger partial charge >= 0.3 is 37.0 Å². The molecule has 0 radical (unpaired) electrons. The molecule has 12 aromatic rings. The van der Waals surface area contributed by atoms with Crippen molar-refractivity contribution in [3.8, 4) is 11.5 Å². The summed E-state index contributed by atoms with van der Waals surface area (Å²) in [6.07, 6.45) is 12.2. The lowest BCUT2D eigenvalue weighted by molar-refractivity contribution is -0.120. The summed E-state index contributed by atoms with van der Waals surface area (Å²) in [5.41, 5.74) is 11.1. The number of benzene rings is 6. The van der Waals surface area contributed by atoms with Crippen molar-refractivity contribution in [2.75, 3.05) is 56.9 Å². The maximum atomic E-state index is 12.7. The van der Waals surface area contributed by atoms with Gasteiger partial charge in [-0.15, -0.1) is 68.0 Å². The fourth-order valence-electron chi connectivity index (χ4n) is 9.68. The Kier molecular flexibility index (Phi) is 38.2. The molecule has 0 bridgehead atoms. The fraction of sp³-hybridized carbons (Fsp3) is 0.225. The predicted octanol–water partition coefficient (Wildman–Crippen LogP) is 13.0. The van der Waals surface area contributed by atoms with Crippen molar-refractivity contribution < 1.29 is 82.3 Å². The minimum Gasteiger partial charge on any atom is -0.489 e. The number of carboxylic acid groups (broad SMARTS) is 2. The number of carbonyl (C=O) groups excluding carboxylic acids is 6. The van der Waals surface area contributed by atoms with Gasteiger partial charge in [0.25, 0.3) is 11.8 Å². The number of nitrogens with two attached hydrogens (primary N) is 1. The first-order valence-corrected chi connectivity index (χ1v) is 41.2. The SMILES string of the molecule is CCOC(=O)c1ncc(C)s1.CCOC(=O)c1ncc(CBr)s1.CCOC(=O)c1ncc(Cc2ccccc2)s1.CN1C(=O)[C@@H](N)COc2ccccc21.CN1C(=O)[C@@H](NC(=O)c2ncc(Cc3ccccc3)s2)COc2ccccc21.Cc1cnc(C(=O)O)s1.O=C(O)c1ncc(Cc2ccccc2)s1.OB(O)c1ccccc1. The molecule has 7 N–H and O–H groups in total. The van der Waals surface area contributed by atoms with Gasteiger partial charge in [0.2, 0.25) is 30.9 Å². The molecule has 0 spiro atoms. The summed E-state index contributed by atoms with van der Waals surface area (Å²) in [5, 5.41) is 39.6. The number of aromatic nitrogens is 6. The van der Waals surface area contributed by atoms with Gasteiger partial charge in [-0.25, -0.2) is 53.9 Å². The van der Waals surface area contributed by atoms with E-state index in [-0.39, 0.29) is 58.9 Å². The third kappa shape index (κ3) is 30.3. The summed E-state index contributed by atoms with van der Waals surface area (Å²) in [4.78, 5) is 124. The van der Waals surface area contributed by atoms with Crippen molar-refractivity contribution in [3.63, 3.8) is 0 Å². The molecule has 0 fully saturated rings. The molecule has 2 atom stereocenters. The van der Waals surface area contributed by atoms with Crippen molar-refractivity contribution in [3.05, 3.63) is 283 Å². The lowest BCUT2D eigenvalue weighted by atomic mass is 9.81. The van der Waals surface area contributed by atoms with Gasteiger partial charge < -0.3 is 64.8 Å². The summed E-state index contributed by atoms with van der Waals surface area (Å²) in [6.45, 7) is 10.6. The van der Waals surface area contributed by atoms with Crippen molar-refractivity contribution in [2.24, 2.45) is 5.73 Å². The van der Waals surface area contributed by atoms with Crippen molar-refractivity contribution >= 4 is 155 Å². The van der Waals surface area contributed by atoms with Gasteiger partial charge in [-0.2, -0.15) is 0 Å². The predicted molar refractivity (Wildman–Crippen MR) is 451 cm³/mol. The lowest BCUT2D eigenvalue weighted by Crippen LogP contribution is -2.49. The number of hydrogen-bond donors (Lipinski definition) is 6. The highest BCUT2D eigenvalue weighted by Gasteiger charge is 2.32. The first-order chi connectivity index (χ1) is 55.4. The molecule has 2 aliphatic rings. The number of hydrogen-bond acceptors (Lipinski definition) is 28. The van der Waals surface area contributed by atoms with Crippen LogP contribution in [0.2, 0.25) is 0 Å². The summed E-state index contributed by atoms with van der Waals surface area (Å²) < 4.78 is 25.6. The number of carbonyl (C=O) groups is 8. The number of fused-ring (bicyclic) bond motifs is 2. The van der Waals surface area contributed by atoms with E-state index in [4.69, 9.17) is 49.7 Å². The minimum atomic E-state index is -1.34. The van der Waals surface area contributed by atoms with Gasteiger partial charge in [0.1, 0.15) is 36.8 Å². The number of nitrogens with zero attached hydrogens (tertiary/aromatic N) is 8. The Bertz CT molecular complexity index is 5050. The number of anilines is 2. The van der Waals surface area contributed by atoms with E-state index in [0.717, 1.165) is 70.7 Å². The number of para-hydroxylation sites is 4. The summed E-state index contributed by atoms with van der Waals surface area (Å²) in [7, 11) is 2.04. The second kappa shape index (κ2) is 48.2. The largest absolute Gasteiger partial charge is 0.489 e. The van der Waals surface area contributed by atoms with Gasteiger partial charge in [-0.05, 0) is 81.0 Å². The van der Waals surface area contributed by atoms with E-state index in [0.29, 0.717) is 62.5 Å². The van der Waals surface area contributed by atoms with E-state index in [1.54, 1.807) is 102 Å². The van der Waals surface area contributed by atoms with E-state index in [9.17, 15) is 38.4 Å². The third-order valence-corrected chi connectivity index (χ3v) is 21.8. The quantitative estimate of drug-likeness (QED) is 0.0201. The molecule has 600 valence electrons. The Morgan fingerprint density at radius 3 is 1.17 bits per heavy atom. The molecule has 0 aliphatic carbocycles. The molecule has 2 aliphatic heterocycles. The number of esters is 3. The number of aromatic carboxylic acids is 2. The first kappa shape index (κ1) is 91.1. The average molecular weight is 1740 g/mol. The molecule has 14 rings (SSSR count). The van der Waals surface area contributed by atoms with E-state index < -0.39 is 31.1 Å². The maximum Gasteiger partial charge on any atom is 0.488 e. The van der Waals surface area contributed by atoms with E-state index in [1.165, 1.54) is 83.4 Å². The second-order valence-corrected chi connectivity index (χ2v) is 31.2. The number of carboxylic acids is 2. The van der Waals surface area contributed by atoms with Gasteiger partial charge in [-0.1, -0.05) is 162 Å². The van der Waals surface area contributed by atoms with Crippen LogP contribution in [0.15, 0.2) is 207 Å². The Labute approximate surface area is 696 Å². The van der Waals surface area contributed by atoms with Crippen LogP contribution in [0.25, 0.3) is 0 Å². The zero-order valence-electron chi connectivity index (χ0n) is 63.3. The number of likely N-dealkylation sites (N-methyl/N-ethyl adjacent to an activating group) is 2. The van der Waals surface area contributed by atoms with E-state index in [2.05, 4.69) is 63.3 Å². The van der Waals surface area contributed by atoms with Crippen LogP contribution < -0.4 is 35.8 Å². The highest BCUT2D eigenvalue weighted by Crippen LogP contribution is 2.32. The maximum absolute atomic E-state index is 12.7.